The lowest BCUT2D eigenvalue weighted by Crippen LogP contribution is -2.37. The summed E-state index contributed by atoms with van der Waals surface area (Å²) in [5.74, 6) is 0.390. The average molecular weight is 307 g/mol. The van der Waals surface area contributed by atoms with Gasteiger partial charge in [0.25, 0.3) is 0 Å². The molecule has 0 N–H and O–H groups in total. The Morgan fingerprint density at radius 2 is 1.16 bits per heavy atom. The summed E-state index contributed by atoms with van der Waals surface area (Å²) in [5.41, 5.74) is 0. The first-order valence-corrected chi connectivity index (χ1v) is 14.2. The Hall–Kier alpha value is 0.274. The summed E-state index contributed by atoms with van der Waals surface area (Å²) in [6.45, 7) is 12.6. The fourth-order valence-electron chi connectivity index (χ4n) is 1.96. The van der Waals surface area contributed by atoms with Crippen molar-refractivity contribution in [3.8, 4) is 0 Å². The van der Waals surface area contributed by atoms with Gasteiger partial charge in [-0.2, -0.15) is 0 Å². The molecule has 0 bridgehead atoms. The van der Waals surface area contributed by atoms with Crippen LogP contribution in [0, 0.1) is 5.92 Å². The van der Waals surface area contributed by atoms with Crippen molar-refractivity contribution in [1.82, 2.24) is 0 Å². The molecule has 0 heterocycles. The zero-order chi connectivity index (χ0) is 14.5. The van der Waals surface area contributed by atoms with Crippen LogP contribution in [0.4, 0.5) is 0 Å². The summed E-state index contributed by atoms with van der Waals surface area (Å²) in [6, 6.07) is 0. The van der Waals surface area contributed by atoms with E-state index in [0.29, 0.717) is 5.92 Å². The van der Waals surface area contributed by atoms with Gasteiger partial charge in [-0.1, -0.05) is 19.3 Å². The van der Waals surface area contributed by atoms with E-state index in [2.05, 4.69) is 39.3 Å². The van der Waals surface area contributed by atoms with Crippen molar-refractivity contribution >= 4 is 16.6 Å². The molecule has 19 heavy (non-hydrogen) atoms. The highest BCUT2D eigenvalue weighted by atomic mass is 28.4. The lowest BCUT2D eigenvalue weighted by atomic mass is 9.89. The van der Waals surface area contributed by atoms with Gasteiger partial charge in [0.05, 0.1) is 0 Å². The average Bonchev–Trinajstić information content (AvgIpc) is 2.27. The molecule has 0 saturated heterocycles. The van der Waals surface area contributed by atoms with Gasteiger partial charge in [-0.05, 0) is 52.1 Å². The lowest BCUT2D eigenvalue weighted by Gasteiger charge is -2.31. The highest BCUT2D eigenvalue weighted by Crippen LogP contribution is 2.30. The third kappa shape index (κ3) is 8.21. The smallest absolute Gasteiger partial charge is 0.230 e. The predicted octanol–water partition coefficient (Wildman–Crippen LogP) is 4.46. The zero-order valence-electron chi connectivity index (χ0n) is 13.3. The molecular weight excluding hydrogens is 276 g/mol. The molecule has 0 amide bonds. The van der Waals surface area contributed by atoms with Crippen LogP contribution in [0.2, 0.25) is 39.3 Å². The van der Waals surface area contributed by atoms with E-state index in [1.807, 2.05) is 0 Å². The molecule has 1 aliphatic carbocycles. The number of rotatable bonds is 7. The molecule has 0 aromatic carbocycles. The molecule has 6 heteroatoms. The van der Waals surface area contributed by atoms with Crippen LogP contribution in [-0.2, 0) is 18.9 Å². The number of hydrogen-bond acceptors (Lipinski definition) is 4. The molecule has 114 valence electrons. The first-order chi connectivity index (χ1) is 8.67. The van der Waals surface area contributed by atoms with Crippen molar-refractivity contribution in [3.05, 3.63) is 0 Å². The zero-order valence-corrected chi connectivity index (χ0v) is 15.3. The summed E-state index contributed by atoms with van der Waals surface area (Å²) in [4.78, 5) is 11.2. The summed E-state index contributed by atoms with van der Waals surface area (Å²) in [6.07, 6.45) is 5.69. The van der Waals surface area contributed by atoms with Crippen LogP contribution in [0.25, 0.3) is 0 Å². The van der Waals surface area contributed by atoms with Gasteiger partial charge in [0, 0.05) is 5.92 Å². The maximum Gasteiger partial charge on any atom is 0.230 e. The quantitative estimate of drug-likeness (QED) is 0.301. The molecule has 1 rings (SSSR count). The Bertz CT molecular complexity index is 236. The van der Waals surface area contributed by atoms with E-state index < -0.39 is 16.6 Å². The summed E-state index contributed by atoms with van der Waals surface area (Å²) in [7, 11) is -3.41. The summed E-state index contributed by atoms with van der Waals surface area (Å²) >= 11 is 0. The summed E-state index contributed by atoms with van der Waals surface area (Å²) < 4.78 is 11.1. The second kappa shape index (κ2) is 7.33. The van der Waals surface area contributed by atoms with Crippen molar-refractivity contribution in [2.75, 3.05) is 0 Å². The minimum Gasteiger partial charge on any atom is -0.284 e. The largest absolute Gasteiger partial charge is 0.284 e. The van der Waals surface area contributed by atoms with Crippen molar-refractivity contribution < 1.29 is 18.9 Å². The molecule has 0 unspecified atom stereocenters. The highest BCUT2D eigenvalue weighted by molar-refractivity contribution is 6.69. The fourth-order valence-corrected chi connectivity index (χ4v) is 2.73. The lowest BCUT2D eigenvalue weighted by molar-refractivity contribution is -0.423. The Morgan fingerprint density at radius 1 is 0.737 bits per heavy atom. The van der Waals surface area contributed by atoms with Crippen LogP contribution < -0.4 is 0 Å². The third-order valence-electron chi connectivity index (χ3n) is 2.82. The minimum atomic E-state index is -1.70. The molecule has 0 aromatic rings. The molecule has 0 aromatic heterocycles. The molecular formula is C13H30O4Si2. The molecule has 0 radical (unpaired) electrons. The normalized spacial score (nSPS) is 19.1. The second-order valence-corrected chi connectivity index (χ2v) is 16.1. The van der Waals surface area contributed by atoms with Gasteiger partial charge in [-0.25, -0.2) is 9.78 Å². The van der Waals surface area contributed by atoms with E-state index >= 15 is 0 Å². The first kappa shape index (κ1) is 17.3. The van der Waals surface area contributed by atoms with E-state index in [4.69, 9.17) is 18.9 Å². The monoisotopic (exact) mass is 306 g/mol. The van der Waals surface area contributed by atoms with Gasteiger partial charge >= 0.3 is 0 Å². The highest BCUT2D eigenvalue weighted by Gasteiger charge is 2.31. The van der Waals surface area contributed by atoms with Crippen LogP contribution in [0.3, 0.4) is 0 Å². The standard InChI is InChI=1S/C13H30O4Si2/c1-18(2,3)16-14-13(15-17-19(4,5)6)12-10-8-7-9-11-12/h12-13H,7-11H2,1-6H3. The molecule has 1 aliphatic rings. The van der Waals surface area contributed by atoms with Crippen LogP contribution in [0.1, 0.15) is 32.1 Å². The van der Waals surface area contributed by atoms with Crippen molar-refractivity contribution in [2.24, 2.45) is 5.92 Å². The van der Waals surface area contributed by atoms with Crippen LogP contribution in [0.5, 0.6) is 0 Å². The van der Waals surface area contributed by atoms with Gasteiger partial charge in [0.1, 0.15) is 0 Å². The topological polar surface area (TPSA) is 36.9 Å². The molecule has 1 saturated carbocycles. The van der Waals surface area contributed by atoms with E-state index in [9.17, 15) is 0 Å². The van der Waals surface area contributed by atoms with Crippen molar-refractivity contribution in [1.29, 1.82) is 0 Å². The van der Waals surface area contributed by atoms with Gasteiger partial charge in [-0.3, -0.25) is 9.15 Å². The Morgan fingerprint density at radius 3 is 1.53 bits per heavy atom. The minimum absolute atomic E-state index is 0.376. The second-order valence-electron chi connectivity index (χ2n) is 7.35. The van der Waals surface area contributed by atoms with Crippen LogP contribution in [-0.4, -0.2) is 22.9 Å². The first-order valence-electron chi connectivity index (χ1n) is 7.36. The van der Waals surface area contributed by atoms with Crippen molar-refractivity contribution in [2.45, 2.75) is 77.7 Å². The van der Waals surface area contributed by atoms with E-state index in [1.54, 1.807) is 0 Å². The van der Waals surface area contributed by atoms with Crippen molar-refractivity contribution in [3.63, 3.8) is 0 Å². The fraction of sp³-hybridized carbons (Fsp3) is 1.00. The van der Waals surface area contributed by atoms with E-state index in [0.717, 1.165) is 12.8 Å². The molecule has 4 nitrogen and oxygen atoms in total. The van der Waals surface area contributed by atoms with Gasteiger partial charge in [0.15, 0.2) is 0 Å². The van der Waals surface area contributed by atoms with Crippen LogP contribution >= 0.6 is 0 Å². The predicted molar refractivity (Wildman–Crippen MR) is 81.4 cm³/mol. The number of hydrogen-bond donors (Lipinski definition) is 0. The maximum absolute atomic E-state index is 5.58. The Balaban J connectivity index is 2.51. The SMILES string of the molecule is C[Si](C)(C)OOC(OO[Si](C)(C)C)C1CCCCC1. The molecule has 0 atom stereocenters. The Labute approximate surface area is 119 Å². The molecule has 0 spiro atoms. The van der Waals surface area contributed by atoms with Gasteiger partial charge in [0.2, 0.25) is 22.9 Å². The van der Waals surface area contributed by atoms with Gasteiger partial charge in [-0.15, -0.1) is 0 Å². The van der Waals surface area contributed by atoms with E-state index in [-0.39, 0.29) is 6.29 Å². The Kier molecular flexibility index (Phi) is 6.68. The summed E-state index contributed by atoms with van der Waals surface area (Å²) in [5, 5.41) is 0. The van der Waals surface area contributed by atoms with Gasteiger partial charge < -0.3 is 0 Å². The molecule has 1 fully saturated rings. The molecule has 0 aliphatic heterocycles. The third-order valence-corrected chi connectivity index (χ3v) is 4.01. The maximum atomic E-state index is 5.58. The van der Waals surface area contributed by atoms with E-state index in [1.165, 1.54) is 19.3 Å². The van der Waals surface area contributed by atoms with Crippen LogP contribution in [0.15, 0.2) is 0 Å².